The van der Waals surface area contributed by atoms with Crippen LogP contribution in [0.25, 0.3) is 10.9 Å². The van der Waals surface area contributed by atoms with Gasteiger partial charge in [0.1, 0.15) is 5.69 Å². The number of benzene rings is 1. The molecule has 0 amide bonds. The number of aliphatic hydroxyl groups excluding tert-OH is 1. The van der Waals surface area contributed by atoms with Gasteiger partial charge in [0.05, 0.1) is 27.7 Å². The number of thiophene rings is 1. The number of Topliss-reactive ketones (excluding diaryl/α,β-unsaturated/α-hetero) is 1. The number of aromatic nitrogens is 1. The number of hydrogen-bond donors (Lipinski definition) is 2. The molecule has 0 aliphatic rings. The number of pyridine rings is 1. The minimum Gasteiger partial charge on any atom is -0.387 e. The molecule has 0 aliphatic carbocycles. The number of aliphatic hydroxyl groups is 1. The molecule has 0 fully saturated rings. The van der Waals surface area contributed by atoms with E-state index in [9.17, 15) is 36.2 Å². The first-order chi connectivity index (χ1) is 13.9. The van der Waals surface area contributed by atoms with Crippen LogP contribution in [0.1, 0.15) is 39.5 Å². The van der Waals surface area contributed by atoms with Gasteiger partial charge in [0, 0.05) is 18.9 Å². The Labute approximate surface area is 170 Å². The highest BCUT2D eigenvalue weighted by Gasteiger charge is 2.38. The minimum absolute atomic E-state index is 0.245. The van der Waals surface area contributed by atoms with Crippen molar-refractivity contribution in [2.24, 2.45) is 0 Å². The standard InChI is InChI=1S/C19H14F6N2O2S/c1-9(28)17-13(5-6-30-17)26-8-14(29)11-7-15(19(23,24)25)27-16-10(11)3-2-4-12(16)18(20,21)22/h2-7,14,26,29H,8H2,1H3. The van der Waals surface area contributed by atoms with Gasteiger partial charge in [0.25, 0.3) is 0 Å². The number of para-hydroxylation sites is 1. The number of nitrogens with one attached hydrogen (secondary N) is 1. The van der Waals surface area contributed by atoms with E-state index in [1.54, 1.807) is 11.4 Å². The fourth-order valence-corrected chi connectivity index (χ4v) is 3.74. The molecule has 1 aromatic carbocycles. The van der Waals surface area contributed by atoms with Gasteiger partial charge < -0.3 is 10.4 Å². The quantitative estimate of drug-likeness (QED) is 0.389. The monoisotopic (exact) mass is 448 g/mol. The van der Waals surface area contributed by atoms with Gasteiger partial charge >= 0.3 is 12.4 Å². The Morgan fingerprint density at radius 2 is 1.87 bits per heavy atom. The van der Waals surface area contributed by atoms with Crippen LogP contribution >= 0.6 is 11.3 Å². The molecule has 0 spiro atoms. The van der Waals surface area contributed by atoms with E-state index in [-0.39, 0.29) is 23.3 Å². The molecule has 30 heavy (non-hydrogen) atoms. The van der Waals surface area contributed by atoms with Gasteiger partial charge in [-0.05, 0) is 29.1 Å². The van der Waals surface area contributed by atoms with E-state index in [1.807, 2.05) is 0 Å². The number of carbonyl (C=O) groups excluding carboxylic acids is 1. The van der Waals surface area contributed by atoms with E-state index in [0.29, 0.717) is 22.7 Å². The summed E-state index contributed by atoms with van der Waals surface area (Å²) in [4.78, 5) is 15.1. The molecule has 2 heterocycles. The predicted octanol–water partition coefficient (Wildman–Crippen LogP) is 5.68. The number of carbonyl (C=O) groups is 1. The van der Waals surface area contributed by atoms with E-state index < -0.39 is 35.2 Å². The van der Waals surface area contributed by atoms with Crippen molar-refractivity contribution >= 4 is 33.7 Å². The van der Waals surface area contributed by atoms with Gasteiger partial charge in [-0.2, -0.15) is 26.3 Å². The van der Waals surface area contributed by atoms with Gasteiger partial charge in [-0.1, -0.05) is 12.1 Å². The maximum absolute atomic E-state index is 13.3. The van der Waals surface area contributed by atoms with Gasteiger partial charge in [-0.15, -0.1) is 11.3 Å². The van der Waals surface area contributed by atoms with E-state index in [2.05, 4.69) is 10.3 Å². The van der Waals surface area contributed by atoms with Crippen LogP contribution < -0.4 is 5.32 Å². The first-order valence-corrected chi connectivity index (χ1v) is 9.36. The second kappa shape index (κ2) is 7.88. The maximum Gasteiger partial charge on any atom is 0.433 e. The van der Waals surface area contributed by atoms with Crippen molar-refractivity contribution < 1.29 is 36.2 Å². The molecule has 3 rings (SSSR count). The average Bonchev–Trinajstić information content (AvgIpc) is 3.12. The lowest BCUT2D eigenvalue weighted by molar-refractivity contribution is -0.142. The summed E-state index contributed by atoms with van der Waals surface area (Å²) in [6.45, 7) is 1.00. The molecule has 2 aromatic heterocycles. The van der Waals surface area contributed by atoms with Crippen molar-refractivity contribution in [3.05, 3.63) is 57.4 Å². The number of rotatable bonds is 5. The van der Waals surface area contributed by atoms with Crippen LogP contribution in [0, 0.1) is 0 Å². The summed E-state index contributed by atoms with van der Waals surface area (Å²) < 4.78 is 79.7. The molecule has 3 aromatic rings. The number of nitrogens with zero attached hydrogens (tertiary/aromatic N) is 1. The normalized spacial score (nSPS) is 13.5. The molecule has 0 radical (unpaired) electrons. The molecule has 0 aliphatic heterocycles. The van der Waals surface area contributed by atoms with Gasteiger partial charge in [-0.3, -0.25) is 4.79 Å². The SMILES string of the molecule is CC(=O)c1sccc1NCC(O)c1cc(C(F)(F)F)nc2c(C(F)(F)F)cccc12. The number of ketones is 1. The zero-order valence-electron chi connectivity index (χ0n) is 15.2. The minimum atomic E-state index is -5.01. The lowest BCUT2D eigenvalue weighted by Crippen LogP contribution is -2.17. The number of hydrogen-bond acceptors (Lipinski definition) is 5. The fraction of sp³-hybridized carbons (Fsp3) is 0.263. The highest BCUT2D eigenvalue weighted by molar-refractivity contribution is 7.12. The van der Waals surface area contributed by atoms with Crippen LogP contribution in [0.3, 0.4) is 0 Å². The van der Waals surface area contributed by atoms with Crippen LogP contribution in [0.5, 0.6) is 0 Å². The summed E-state index contributed by atoms with van der Waals surface area (Å²) in [5, 5.41) is 14.6. The molecule has 0 bridgehead atoms. The summed E-state index contributed by atoms with van der Waals surface area (Å²) in [7, 11) is 0. The molecular weight excluding hydrogens is 434 g/mol. The number of halogens is 6. The van der Waals surface area contributed by atoms with Gasteiger partial charge in [-0.25, -0.2) is 4.98 Å². The third kappa shape index (κ3) is 4.41. The van der Waals surface area contributed by atoms with Crippen LogP contribution in [0.15, 0.2) is 35.7 Å². The second-order valence-electron chi connectivity index (χ2n) is 6.41. The van der Waals surface area contributed by atoms with Crippen LogP contribution in [0.2, 0.25) is 0 Å². The second-order valence-corrected chi connectivity index (χ2v) is 7.33. The lowest BCUT2D eigenvalue weighted by Gasteiger charge is -2.19. The molecule has 1 unspecified atom stereocenters. The molecule has 0 saturated heterocycles. The summed E-state index contributed by atoms with van der Waals surface area (Å²) in [5.74, 6) is -0.245. The van der Waals surface area contributed by atoms with Crippen LogP contribution in [-0.2, 0) is 12.4 Å². The van der Waals surface area contributed by atoms with E-state index in [4.69, 9.17) is 0 Å². The van der Waals surface area contributed by atoms with Crippen molar-refractivity contribution in [3.8, 4) is 0 Å². The molecular formula is C19H14F6N2O2S. The summed E-state index contributed by atoms with van der Waals surface area (Å²) in [6, 6.07) is 4.93. The average molecular weight is 448 g/mol. The third-order valence-electron chi connectivity index (χ3n) is 4.30. The Kier molecular flexibility index (Phi) is 5.79. The summed E-state index contributed by atoms with van der Waals surface area (Å²) in [5.41, 5.74) is -3.75. The first-order valence-electron chi connectivity index (χ1n) is 8.48. The highest BCUT2D eigenvalue weighted by Crippen LogP contribution is 2.39. The summed E-state index contributed by atoms with van der Waals surface area (Å²) in [6.07, 6.45) is -11.5. The molecule has 1 atom stereocenters. The first kappa shape index (κ1) is 22.0. The maximum atomic E-state index is 13.3. The third-order valence-corrected chi connectivity index (χ3v) is 5.31. The van der Waals surface area contributed by atoms with E-state index >= 15 is 0 Å². The number of fused-ring (bicyclic) bond motifs is 1. The van der Waals surface area contributed by atoms with Gasteiger partial charge in [0.2, 0.25) is 0 Å². The zero-order chi connectivity index (χ0) is 22.3. The smallest absolute Gasteiger partial charge is 0.387 e. The Hall–Kier alpha value is -2.66. The molecule has 160 valence electrons. The molecule has 2 N–H and O–H groups in total. The zero-order valence-corrected chi connectivity index (χ0v) is 16.0. The van der Waals surface area contributed by atoms with Crippen molar-refractivity contribution in [3.63, 3.8) is 0 Å². The van der Waals surface area contributed by atoms with Crippen molar-refractivity contribution in [1.82, 2.24) is 4.98 Å². The topological polar surface area (TPSA) is 62.2 Å². The number of alkyl halides is 6. The lowest BCUT2D eigenvalue weighted by atomic mass is 9.99. The molecule has 4 nitrogen and oxygen atoms in total. The van der Waals surface area contributed by atoms with E-state index in [1.165, 1.54) is 13.0 Å². The largest absolute Gasteiger partial charge is 0.433 e. The Morgan fingerprint density at radius 1 is 1.17 bits per heavy atom. The Morgan fingerprint density at radius 3 is 2.47 bits per heavy atom. The van der Waals surface area contributed by atoms with Gasteiger partial charge in [0.15, 0.2) is 5.78 Å². The predicted molar refractivity (Wildman–Crippen MR) is 99.5 cm³/mol. The highest BCUT2D eigenvalue weighted by atomic mass is 32.1. The molecule has 0 saturated carbocycles. The van der Waals surface area contributed by atoms with Crippen molar-refractivity contribution in [2.45, 2.75) is 25.4 Å². The fourth-order valence-electron chi connectivity index (χ4n) is 2.96. The summed E-state index contributed by atoms with van der Waals surface area (Å²) >= 11 is 1.14. The van der Waals surface area contributed by atoms with Crippen molar-refractivity contribution in [1.29, 1.82) is 0 Å². The van der Waals surface area contributed by atoms with Crippen LogP contribution in [0.4, 0.5) is 32.0 Å². The molecule has 11 heteroatoms. The Balaban J connectivity index is 2.07. The van der Waals surface area contributed by atoms with Crippen molar-refractivity contribution in [2.75, 3.05) is 11.9 Å². The van der Waals surface area contributed by atoms with E-state index in [0.717, 1.165) is 17.4 Å². The van der Waals surface area contributed by atoms with Crippen LogP contribution in [-0.4, -0.2) is 22.4 Å². The number of anilines is 1. The Bertz CT molecular complexity index is 1090.